The van der Waals surface area contributed by atoms with Crippen LogP contribution in [-0.2, 0) is 4.79 Å². The SMILES string of the molecule is O=C(Nc1ccccc1N1CCCC1=O)NC1CCN(c2ccccc2)CC1. The van der Waals surface area contributed by atoms with Crippen molar-refractivity contribution in [1.82, 2.24) is 5.32 Å². The molecule has 2 fully saturated rings. The van der Waals surface area contributed by atoms with Crippen molar-refractivity contribution < 1.29 is 9.59 Å². The van der Waals surface area contributed by atoms with Crippen molar-refractivity contribution in [1.29, 1.82) is 0 Å². The zero-order valence-electron chi connectivity index (χ0n) is 15.9. The van der Waals surface area contributed by atoms with E-state index in [1.807, 2.05) is 30.3 Å². The number of anilines is 3. The van der Waals surface area contributed by atoms with Crippen molar-refractivity contribution in [3.05, 3.63) is 54.6 Å². The zero-order valence-corrected chi connectivity index (χ0v) is 15.9. The zero-order chi connectivity index (χ0) is 19.3. The fourth-order valence-corrected chi connectivity index (χ4v) is 3.98. The van der Waals surface area contributed by atoms with E-state index in [2.05, 4.69) is 39.8 Å². The number of amides is 3. The van der Waals surface area contributed by atoms with Crippen LogP contribution in [0.3, 0.4) is 0 Å². The van der Waals surface area contributed by atoms with Gasteiger partial charge in [-0.25, -0.2) is 4.79 Å². The molecule has 2 aromatic carbocycles. The molecule has 0 bridgehead atoms. The number of hydrogen-bond donors (Lipinski definition) is 2. The van der Waals surface area contributed by atoms with Gasteiger partial charge in [0.05, 0.1) is 11.4 Å². The van der Waals surface area contributed by atoms with Crippen molar-refractivity contribution in [3.8, 4) is 0 Å². The van der Waals surface area contributed by atoms with E-state index >= 15 is 0 Å². The summed E-state index contributed by atoms with van der Waals surface area (Å²) >= 11 is 0. The van der Waals surface area contributed by atoms with Gasteiger partial charge in [-0.15, -0.1) is 0 Å². The van der Waals surface area contributed by atoms with Crippen molar-refractivity contribution in [2.45, 2.75) is 31.7 Å². The standard InChI is InChI=1S/C22H26N4O2/c27-21-11-6-14-26(21)20-10-5-4-9-19(20)24-22(28)23-17-12-15-25(16-13-17)18-7-2-1-3-8-18/h1-5,7-10,17H,6,11-16H2,(H2,23,24,28). The van der Waals surface area contributed by atoms with Crippen molar-refractivity contribution in [3.63, 3.8) is 0 Å². The molecule has 0 spiro atoms. The lowest BCUT2D eigenvalue weighted by Crippen LogP contribution is -2.46. The molecule has 0 atom stereocenters. The van der Waals surface area contributed by atoms with Crippen LogP contribution in [0.4, 0.5) is 21.9 Å². The fourth-order valence-electron chi connectivity index (χ4n) is 3.98. The third kappa shape index (κ3) is 4.11. The Labute approximate surface area is 165 Å². The molecule has 6 nitrogen and oxygen atoms in total. The van der Waals surface area contributed by atoms with Crippen LogP contribution in [0.25, 0.3) is 0 Å². The van der Waals surface area contributed by atoms with E-state index in [-0.39, 0.29) is 18.0 Å². The molecule has 0 radical (unpaired) electrons. The molecule has 0 saturated carbocycles. The number of carbonyl (C=O) groups is 2. The topological polar surface area (TPSA) is 64.7 Å². The van der Waals surface area contributed by atoms with Crippen LogP contribution < -0.4 is 20.4 Å². The summed E-state index contributed by atoms with van der Waals surface area (Å²) < 4.78 is 0. The first-order valence-corrected chi connectivity index (χ1v) is 9.97. The summed E-state index contributed by atoms with van der Waals surface area (Å²) in [6.45, 7) is 2.55. The van der Waals surface area contributed by atoms with Gasteiger partial charge in [0.2, 0.25) is 5.91 Å². The van der Waals surface area contributed by atoms with Gasteiger partial charge in [-0.05, 0) is 43.5 Å². The lowest BCUT2D eigenvalue weighted by molar-refractivity contribution is -0.117. The van der Waals surface area contributed by atoms with Gasteiger partial charge < -0.3 is 20.4 Å². The second-order valence-electron chi connectivity index (χ2n) is 7.36. The lowest BCUT2D eigenvalue weighted by atomic mass is 10.0. The first-order valence-electron chi connectivity index (χ1n) is 9.97. The third-order valence-corrected chi connectivity index (χ3v) is 5.47. The Kier molecular flexibility index (Phi) is 5.46. The molecule has 3 amide bonds. The maximum atomic E-state index is 12.5. The molecule has 2 saturated heterocycles. The van der Waals surface area contributed by atoms with Crippen LogP contribution in [0.5, 0.6) is 0 Å². The highest BCUT2D eigenvalue weighted by atomic mass is 16.2. The second kappa shape index (κ2) is 8.33. The normalized spacial score (nSPS) is 17.6. The summed E-state index contributed by atoms with van der Waals surface area (Å²) in [4.78, 5) is 28.7. The van der Waals surface area contributed by atoms with Gasteiger partial charge in [0, 0.05) is 37.8 Å². The monoisotopic (exact) mass is 378 g/mol. The maximum Gasteiger partial charge on any atom is 0.319 e. The maximum absolute atomic E-state index is 12.5. The molecule has 2 aromatic rings. The minimum Gasteiger partial charge on any atom is -0.371 e. The molecule has 0 aliphatic carbocycles. The molecule has 2 aliphatic rings. The number of carbonyl (C=O) groups excluding carboxylic acids is 2. The molecule has 28 heavy (non-hydrogen) atoms. The van der Waals surface area contributed by atoms with Gasteiger partial charge >= 0.3 is 6.03 Å². The summed E-state index contributed by atoms with van der Waals surface area (Å²) in [7, 11) is 0. The Morgan fingerprint density at radius 2 is 1.64 bits per heavy atom. The first-order chi connectivity index (χ1) is 13.7. The number of nitrogens with zero attached hydrogens (tertiary/aromatic N) is 2. The molecule has 0 aromatic heterocycles. The summed E-state index contributed by atoms with van der Waals surface area (Å²) in [6.07, 6.45) is 3.25. The van der Waals surface area contributed by atoms with E-state index in [0.717, 1.165) is 38.0 Å². The summed E-state index contributed by atoms with van der Waals surface area (Å²) in [5.41, 5.74) is 2.69. The van der Waals surface area contributed by atoms with Gasteiger partial charge in [-0.2, -0.15) is 0 Å². The van der Waals surface area contributed by atoms with Gasteiger partial charge in [0.15, 0.2) is 0 Å². The largest absolute Gasteiger partial charge is 0.371 e. The number of rotatable bonds is 4. The van der Waals surface area contributed by atoms with E-state index in [9.17, 15) is 9.59 Å². The highest BCUT2D eigenvalue weighted by Gasteiger charge is 2.25. The average molecular weight is 378 g/mol. The highest BCUT2D eigenvalue weighted by molar-refractivity contribution is 6.01. The number of hydrogen-bond acceptors (Lipinski definition) is 3. The summed E-state index contributed by atoms with van der Waals surface area (Å²) in [6, 6.07) is 17.8. The molecular weight excluding hydrogens is 352 g/mol. The minimum absolute atomic E-state index is 0.114. The van der Waals surface area contributed by atoms with Gasteiger partial charge in [0.25, 0.3) is 0 Å². The quantitative estimate of drug-likeness (QED) is 0.854. The molecule has 0 unspecified atom stereocenters. The molecule has 2 N–H and O–H groups in total. The van der Waals surface area contributed by atoms with Crippen LogP contribution in [0.1, 0.15) is 25.7 Å². The van der Waals surface area contributed by atoms with Crippen LogP contribution in [0.15, 0.2) is 54.6 Å². The Morgan fingerprint density at radius 3 is 2.36 bits per heavy atom. The van der Waals surface area contributed by atoms with Crippen molar-refractivity contribution in [2.75, 3.05) is 34.8 Å². The Balaban J connectivity index is 1.33. The molecule has 146 valence electrons. The van der Waals surface area contributed by atoms with Gasteiger partial charge in [0.1, 0.15) is 0 Å². The predicted molar refractivity (Wildman–Crippen MR) is 112 cm³/mol. The molecule has 6 heteroatoms. The van der Waals surface area contributed by atoms with E-state index in [0.29, 0.717) is 18.7 Å². The summed E-state index contributed by atoms with van der Waals surface area (Å²) in [5.74, 6) is 0.114. The number of benzene rings is 2. The average Bonchev–Trinajstić information content (AvgIpc) is 3.15. The number of para-hydroxylation sites is 3. The first kappa shape index (κ1) is 18.3. The van der Waals surface area contributed by atoms with Gasteiger partial charge in [-0.3, -0.25) is 4.79 Å². The van der Waals surface area contributed by atoms with Crippen LogP contribution in [-0.4, -0.2) is 37.6 Å². The second-order valence-corrected chi connectivity index (χ2v) is 7.36. The predicted octanol–water partition coefficient (Wildman–Crippen LogP) is 3.60. The number of nitrogens with one attached hydrogen (secondary N) is 2. The number of urea groups is 1. The van der Waals surface area contributed by atoms with E-state index in [1.54, 1.807) is 4.90 Å². The minimum atomic E-state index is -0.211. The molecule has 4 rings (SSSR count). The Bertz CT molecular complexity index is 831. The van der Waals surface area contributed by atoms with Gasteiger partial charge in [-0.1, -0.05) is 30.3 Å². The Hall–Kier alpha value is -3.02. The fraction of sp³-hybridized carbons (Fsp3) is 0.364. The van der Waals surface area contributed by atoms with Crippen LogP contribution in [0.2, 0.25) is 0 Å². The molecule has 2 aliphatic heterocycles. The highest BCUT2D eigenvalue weighted by Crippen LogP contribution is 2.29. The smallest absolute Gasteiger partial charge is 0.319 e. The van der Waals surface area contributed by atoms with Crippen LogP contribution in [0, 0.1) is 0 Å². The van der Waals surface area contributed by atoms with Crippen LogP contribution >= 0.6 is 0 Å². The van der Waals surface area contributed by atoms with E-state index in [4.69, 9.17) is 0 Å². The van der Waals surface area contributed by atoms with E-state index < -0.39 is 0 Å². The Morgan fingerprint density at radius 1 is 0.929 bits per heavy atom. The lowest BCUT2D eigenvalue weighted by Gasteiger charge is -2.34. The third-order valence-electron chi connectivity index (χ3n) is 5.47. The number of piperidine rings is 1. The van der Waals surface area contributed by atoms with Crippen molar-refractivity contribution >= 4 is 29.0 Å². The molecule has 2 heterocycles. The van der Waals surface area contributed by atoms with E-state index in [1.165, 1.54) is 5.69 Å². The van der Waals surface area contributed by atoms with Crippen molar-refractivity contribution in [2.24, 2.45) is 0 Å². The summed E-state index contributed by atoms with van der Waals surface area (Å²) in [5, 5.41) is 6.03. The molecular formula is C22H26N4O2.